The van der Waals surface area contributed by atoms with Gasteiger partial charge >= 0.3 is 0 Å². The number of aromatic nitrogens is 2. The molecule has 0 spiro atoms. The highest BCUT2D eigenvalue weighted by molar-refractivity contribution is 5.74. The Morgan fingerprint density at radius 1 is 1.37 bits per heavy atom. The van der Waals surface area contributed by atoms with Crippen molar-refractivity contribution in [3.63, 3.8) is 0 Å². The smallest absolute Gasteiger partial charge is 0.219 e. The van der Waals surface area contributed by atoms with Crippen LogP contribution in [0, 0.1) is 0 Å². The van der Waals surface area contributed by atoms with E-state index in [0.717, 1.165) is 11.6 Å². The minimum Gasteiger partial charge on any atom is -0.373 e. The highest BCUT2D eigenvalue weighted by Crippen LogP contribution is 2.22. The standard InChI is InChI=1S/C13H23N5O/c1-8(6-9(14)19)16-11-7-10(15-5)17-12(18-11)13(2,3)4/h7-8H,6H2,1-5H3,(H2,14,19)(H2,15,16,17,18). The molecule has 1 amide bonds. The molecule has 4 N–H and O–H groups in total. The van der Waals surface area contributed by atoms with Gasteiger partial charge in [0.1, 0.15) is 17.5 Å². The Morgan fingerprint density at radius 3 is 2.42 bits per heavy atom. The SMILES string of the molecule is CNc1cc(NC(C)CC(N)=O)nc(C(C)(C)C)n1. The van der Waals surface area contributed by atoms with Crippen molar-refractivity contribution >= 4 is 17.5 Å². The Labute approximate surface area is 114 Å². The van der Waals surface area contributed by atoms with Crippen molar-refractivity contribution in [3.8, 4) is 0 Å². The van der Waals surface area contributed by atoms with Gasteiger partial charge in [-0.15, -0.1) is 0 Å². The molecule has 0 aliphatic rings. The lowest BCUT2D eigenvalue weighted by molar-refractivity contribution is -0.118. The predicted molar refractivity (Wildman–Crippen MR) is 77.2 cm³/mol. The maximum Gasteiger partial charge on any atom is 0.219 e. The summed E-state index contributed by atoms with van der Waals surface area (Å²) < 4.78 is 0. The lowest BCUT2D eigenvalue weighted by atomic mass is 9.96. The minimum atomic E-state index is -0.334. The van der Waals surface area contributed by atoms with E-state index in [1.165, 1.54) is 0 Å². The second kappa shape index (κ2) is 5.86. The highest BCUT2D eigenvalue weighted by Gasteiger charge is 2.19. The van der Waals surface area contributed by atoms with Crippen LogP contribution >= 0.6 is 0 Å². The van der Waals surface area contributed by atoms with Gasteiger partial charge < -0.3 is 16.4 Å². The fraction of sp³-hybridized carbons (Fsp3) is 0.615. The van der Waals surface area contributed by atoms with Crippen LogP contribution in [0.25, 0.3) is 0 Å². The number of carbonyl (C=O) groups excluding carboxylic acids is 1. The van der Waals surface area contributed by atoms with Crippen LogP contribution in [-0.4, -0.2) is 29.0 Å². The van der Waals surface area contributed by atoms with Gasteiger partial charge in [-0.05, 0) is 6.92 Å². The molecule has 0 bridgehead atoms. The molecular weight excluding hydrogens is 242 g/mol. The van der Waals surface area contributed by atoms with Gasteiger partial charge in [-0.1, -0.05) is 20.8 Å². The highest BCUT2D eigenvalue weighted by atomic mass is 16.1. The number of hydrogen-bond acceptors (Lipinski definition) is 5. The second-order valence-corrected chi connectivity index (χ2v) is 5.68. The Hall–Kier alpha value is -1.85. The molecule has 0 aliphatic carbocycles. The Kier molecular flexibility index (Phi) is 4.69. The van der Waals surface area contributed by atoms with Crippen molar-refractivity contribution in [2.75, 3.05) is 17.7 Å². The molecule has 0 fully saturated rings. The molecule has 106 valence electrons. The molecule has 1 rings (SSSR count). The summed E-state index contributed by atoms with van der Waals surface area (Å²) in [5.41, 5.74) is 5.04. The molecule has 1 aromatic heterocycles. The number of nitrogens with two attached hydrogens (primary N) is 1. The van der Waals surface area contributed by atoms with Crippen LogP contribution in [0.2, 0.25) is 0 Å². The molecule has 1 atom stereocenters. The van der Waals surface area contributed by atoms with Crippen LogP contribution in [-0.2, 0) is 10.2 Å². The quantitative estimate of drug-likeness (QED) is 0.750. The predicted octanol–water partition coefficient (Wildman–Crippen LogP) is 1.49. The summed E-state index contributed by atoms with van der Waals surface area (Å²) in [6, 6.07) is 1.75. The third kappa shape index (κ3) is 4.73. The average molecular weight is 265 g/mol. The van der Waals surface area contributed by atoms with Gasteiger partial charge in [-0.2, -0.15) is 0 Å². The Morgan fingerprint density at radius 2 is 1.95 bits per heavy atom. The number of nitrogens with one attached hydrogen (secondary N) is 2. The molecule has 6 heteroatoms. The van der Waals surface area contributed by atoms with E-state index in [0.29, 0.717) is 5.82 Å². The fourth-order valence-electron chi connectivity index (χ4n) is 1.59. The first-order valence-corrected chi connectivity index (χ1v) is 6.34. The van der Waals surface area contributed by atoms with Crippen LogP contribution in [0.3, 0.4) is 0 Å². The number of nitrogens with zero attached hydrogens (tertiary/aromatic N) is 2. The van der Waals surface area contributed by atoms with Crippen molar-refractivity contribution in [3.05, 3.63) is 11.9 Å². The molecular formula is C13H23N5O. The first kappa shape index (κ1) is 15.2. The number of amides is 1. The molecule has 0 aliphatic heterocycles. The van der Waals surface area contributed by atoms with Crippen LogP contribution in [0.15, 0.2) is 6.07 Å². The fourth-order valence-corrected chi connectivity index (χ4v) is 1.59. The summed E-state index contributed by atoms with van der Waals surface area (Å²) in [5.74, 6) is 1.85. The van der Waals surface area contributed by atoms with Crippen LogP contribution in [0.4, 0.5) is 11.6 Å². The molecule has 1 aromatic rings. The second-order valence-electron chi connectivity index (χ2n) is 5.68. The van der Waals surface area contributed by atoms with Crippen molar-refractivity contribution in [1.29, 1.82) is 0 Å². The summed E-state index contributed by atoms with van der Waals surface area (Å²) in [6.07, 6.45) is 0.268. The summed E-state index contributed by atoms with van der Waals surface area (Å²) in [5, 5.41) is 6.18. The number of rotatable bonds is 5. The normalized spacial score (nSPS) is 12.9. The number of anilines is 2. The van der Waals surface area contributed by atoms with Gasteiger partial charge in [0, 0.05) is 31.0 Å². The zero-order valence-corrected chi connectivity index (χ0v) is 12.2. The Bertz CT molecular complexity index is 453. The lowest BCUT2D eigenvalue weighted by Crippen LogP contribution is -2.25. The zero-order valence-electron chi connectivity index (χ0n) is 12.2. The third-order valence-corrected chi connectivity index (χ3v) is 2.55. The monoisotopic (exact) mass is 265 g/mol. The minimum absolute atomic E-state index is 0.0649. The summed E-state index contributed by atoms with van der Waals surface area (Å²) >= 11 is 0. The summed E-state index contributed by atoms with van der Waals surface area (Å²) in [6.45, 7) is 8.05. The molecule has 0 aromatic carbocycles. The maximum atomic E-state index is 10.9. The zero-order chi connectivity index (χ0) is 14.6. The van der Waals surface area contributed by atoms with Gasteiger partial charge in [0.25, 0.3) is 0 Å². The number of carbonyl (C=O) groups is 1. The first-order valence-electron chi connectivity index (χ1n) is 6.34. The number of primary amides is 1. The van der Waals surface area contributed by atoms with Crippen molar-refractivity contribution in [2.24, 2.45) is 5.73 Å². The van der Waals surface area contributed by atoms with E-state index in [4.69, 9.17) is 5.73 Å². The Balaban J connectivity index is 2.97. The van der Waals surface area contributed by atoms with Gasteiger partial charge in [-0.25, -0.2) is 9.97 Å². The van der Waals surface area contributed by atoms with E-state index < -0.39 is 0 Å². The summed E-state index contributed by atoms with van der Waals surface area (Å²) in [7, 11) is 1.81. The van der Waals surface area contributed by atoms with Crippen molar-refractivity contribution in [2.45, 2.75) is 45.6 Å². The molecule has 6 nitrogen and oxygen atoms in total. The van der Waals surface area contributed by atoms with Crippen LogP contribution in [0.5, 0.6) is 0 Å². The van der Waals surface area contributed by atoms with E-state index in [1.807, 2.05) is 20.0 Å². The van der Waals surface area contributed by atoms with Crippen LogP contribution in [0.1, 0.15) is 39.9 Å². The van der Waals surface area contributed by atoms with Crippen molar-refractivity contribution < 1.29 is 4.79 Å². The molecule has 1 heterocycles. The first-order chi connectivity index (χ1) is 8.72. The van der Waals surface area contributed by atoms with E-state index in [9.17, 15) is 4.79 Å². The topological polar surface area (TPSA) is 92.9 Å². The lowest BCUT2D eigenvalue weighted by Gasteiger charge is -2.20. The van der Waals surface area contributed by atoms with E-state index in [1.54, 1.807) is 0 Å². The van der Waals surface area contributed by atoms with E-state index in [2.05, 4.69) is 41.4 Å². The van der Waals surface area contributed by atoms with E-state index in [-0.39, 0.29) is 23.8 Å². The molecule has 0 saturated carbocycles. The molecule has 0 radical (unpaired) electrons. The maximum absolute atomic E-state index is 10.9. The largest absolute Gasteiger partial charge is 0.373 e. The molecule has 19 heavy (non-hydrogen) atoms. The van der Waals surface area contributed by atoms with Gasteiger partial charge in [0.05, 0.1) is 0 Å². The van der Waals surface area contributed by atoms with Crippen molar-refractivity contribution in [1.82, 2.24) is 9.97 Å². The van der Waals surface area contributed by atoms with E-state index >= 15 is 0 Å². The van der Waals surface area contributed by atoms with Gasteiger partial charge in [-0.3, -0.25) is 4.79 Å². The molecule has 0 saturated heterocycles. The average Bonchev–Trinajstić information content (AvgIpc) is 2.25. The van der Waals surface area contributed by atoms with Crippen LogP contribution < -0.4 is 16.4 Å². The summed E-state index contributed by atoms with van der Waals surface area (Å²) in [4.78, 5) is 19.8. The molecule has 1 unspecified atom stereocenters. The third-order valence-electron chi connectivity index (χ3n) is 2.55. The number of hydrogen-bond donors (Lipinski definition) is 3. The van der Waals surface area contributed by atoms with Gasteiger partial charge in [0.15, 0.2) is 0 Å². The van der Waals surface area contributed by atoms with Gasteiger partial charge in [0.2, 0.25) is 5.91 Å².